The van der Waals surface area contributed by atoms with E-state index in [0.717, 1.165) is 0 Å². The highest BCUT2D eigenvalue weighted by molar-refractivity contribution is 5.16. The van der Waals surface area contributed by atoms with Crippen LogP contribution in [0, 0.1) is 5.82 Å². The number of halogens is 1. The summed E-state index contributed by atoms with van der Waals surface area (Å²) >= 11 is 0. The van der Waals surface area contributed by atoms with Crippen LogP contribution in [0.2, 0.25) is 0 Å². The van der Waals surface area contributed by atoms with Crippen molar-refractivity contribution in [1.82, 2.24) is 5.32 Å². The fourth-order valence-corrected chi connectivity index (χ4v) is 1.33. The third-order valence-electron chi connectivity index (χ3n) is 2.17. The van der Waals surface area contributed by atoms with E-state index in [1.165, 1.54) is 6.07 Å². The molecule has 0 heterocycles. The molecule has 0 spiro atoms. The molecule has 1 aromatic rings. The van der Waals surface area contributed by atoms with Gasteiger partial charge in [-0.1, -0.05) is 18.2 Å². The largest absolute Gasteiger partial charge is 0.389 e. The fourth-order valence-electron chi connectivity index (χ4n) is 1.33. The number of rotatable bonds is 7. The smallest absolute Gasteiger partial charge is 0.127 e. The summed E-state index contributed by atoms with van der Waals surface area (Å²) in [6.07, 6.45) is -0.549. The van der Waals surface area contributed by atoms with Crippen molar-refractivity contribution in [3.8, 4) is 0 Å². The molecule has 3 nitrogen and oxygen atoms in total. The molecule has 4 heteroatoms. The Morgan fingerprint density at radius 1 is 1.44 bits per heavy atom. The molecule has 0 aliphatic rings. The zero-order chi connectivity index (χ0) is 11.8. The summed E-state index contributed by atoms with van der Waals surface area (Å²) in [4.78, 5) is 0. The summed E-state index contributed by atoms with van der Waals surface area (Å²) in [5.41, 5.74) is 0.603. The van der Waals surface area contributed by atoms with E-state index >= 15 is 0 Å². The highest BCUT2D eigenvalue weighted by atomic mass is 19.1. The highest BCUT2D eigenvalue weighted by Crippen LogP contribution is 2.05. The van der Waals surface area contributed by atoms with Crippen molar-refractivity contribution >= 4 is 0 Å². The van der Waals surface area contributed by atoms with E-state index in [0.29, 0.717) is 31.9 Å². The Labute approximate surface area is 95.2 Å². The molecule has 1 unspecified atom stereocenters. The van der Waals surface area contributed by atoms with Crippen LogP contribution in [0.5, 0.6) is 0 Å². The van der Waals surface area contributed by atoms with Gasteiger partial charge in [0.05, 0.1) is 12.7 Å². The monoisotopic (exact) mass is 227 g/mol. The van der Waals surface area contributed by atoms with Crippen LogP contribution >= 0.6 is 0 Å². The van der Waals surface area contributed by atoms with Crippen molar-refractivity contribution < 1.29 is 14.2 Å². The Morgan fingerprint density at radius 3 is 2.88 bits per heavy atom. The Balaban J connectivity index is 2.23. The molecule has 0 saturated heterocycles. The average Bonchev–Trinajstić information content (AvgIpc) is 2.29. The van der Waals surface area contributed by atoms with Gasteiger partial charge in [0.2, 0.25) is 0 Å². The Morgan fingerprint density at radius 2 is 2.19 bits per heavy atom. The zero-order valence-electron chi connectivity index (χ0n) is 9.45. The van der Waals surface area contributed by atoms with Crippen LogP contribution in [0.4, 0.5) is 4.39 Å². The van der Waals surface area contributed by atoms with Crippen LogP contribution in [0.25, 0.3) is 0 Å². The van der Waals surface area contributed by atoms with Gasteiger partial charge >= 0.3 is 0 Å². The van der Waals surface area contributed by atoms with Crippen LogP contribution in [0.1, 0.15) is 12.5 Å². The van der Waals surface area contributed by atoms with Gasteiger partial charge in [0.1, 0.15) is 5.82 Å². The molecule has 0 amide bonds. The lowest BCUT2D eigenvalue weighted by Gasteiger charge is -2.11. The van der Waals surface area contributed by atoms with Crippen molar-refractivity contribution in [3.63, 3.8) is 0 Å². The molecule has 1 rings (SSSR count). The molecule has 0 aliphatic heterocycles. The maximum absolute atomic E-state index is 13.2. The molecule has 0 fully saturated rings. The van der Waals surface area contributed by atoms with Gasteiger partial charge in [-0.2, -0.15) is 0 Å². The van der Waals surface area contributed by atoms with Crippen molar-refractivity contribution in [2.75, 3.05) is 19.8 Å². The standard InChI is InChI=1S/C12H18FNO2/c1-2-16-9-11(15)8-14-7-10-5-3-4-6-12(10)13/h3-6,11,14-15H,2,7-9H2,1H3. The Bertz CT molecular complexity index is 307. The van der Waals surface area contributed by atoms with Gasteiger partial charge in [-0.3, -0.25) is 0 Å². The summed E-state index contributed by atoms with van der Waals surface area (Å²) in [6.45, 7) is 3.58. The first-order chi connectivity index (χ1) is 7.74. The second-order valence-corrected chi connectivity index (χ2v) is 3.54. The summed E-state index contributed by atoms with van der Waals surface area (Å²) in [5, 5.41) is 12.4. The minimum absolute atomic E-state index is 0.228. The first kappa shape index (κ1) is 13.1. The maximum Gasteiger partial charge on any atom is 0.127 e. The molecule has 0 aliphatic carbocycles. The minimum Gasteiger partial charge on any atom is -0.389 e. The normalized spacial score (nSPS) is 12.7. The summed E-state index contributed by atoms with van der Waals surface area (Å²) in [7, 11) is 0. The van der Waals surface area contributed by atoms with Crippen LogP contribution in [0.15, 0.2) is 24.3 Å². The van der Waals surface area contributed by atoms with Gasteiger partial charge in [-0.25, -0.2) is 4.39 Å². The van der Waals surface area contributed by atoms with Gasteiger partial charge in [-0.05, 0) is 13.0 Å². The first-order valence-electron chi connectivity index (χ1n) is 5.44. The highest BCUT2D eigenvalue weighted by Gasteiger charge is 2.04. The first-order valence-corrected chi connectivity index (χ1v) is 5.44. The Kier molecular flexibility index (Phi) is 6.00. The van der Waals surface area contributed by atoms with Crippen molar-refractivity contribution in [2.24, 2.45) is 0 Å². The zero-order valence-corrected chi connectivity index (χ0v) is 9.45. The molecular weight excluding hydrogens is 209 g/mol. The summed E-state index contributed by atoms with van der Waals surface area (Å²) < 4.78 is 18.2. The lowest BCUT2D eigenvalue weighted by molar-refractivity contribution is 0.0427. The molecule has 90 valence electrons. The van der Waals surface area contributed by atoms with Crippen molar-refractivity contribution in [3.05, 3.63) is 35.6 Å². The average molecular weight is 227 g/mol. The van der Waals surface area contributed by atoms with Crippen LogP contribution in [-0.2, 0) is 11.3 Å². The molecule has 2 N–H and O–H groups in total. The van der Waals surface area contributed by atoms with E-state index in [1.54, 1.807) is 18.2 Å². The molecule has 1 aromatic carbocycles. The number of nitrogens with one attached hydrogen (secondary N) is 1. The summed E-state index contributed by atoms with van der Waals surface area (Å²) in [5.74, 6) is -0.228. The van der Waals surface area contributed by atoms with Gasteiger partial charge in [0, 0.05) is 25.3 Å². The van der Waals surface area contributed by atoms with Crippen LogP contribution in [0.3, 0.4) is 0 Å². The van der Waals surface area contributed by atoms with E-state index in [1.807, 2.05) is 6.92 Å². The van der Waals surface area contributed by atoms with E-state index < -0.39 is 6.10 Å². The van der Waals surface area contributed by atoms with Gasteiger partial charge in [-0.15, -0.1) is 0 Å². The second-order valence-electron chi connectivity index (χ2n) is 3.54. The van der Waals surface area contributed by atoms with Gasteiger partial charge in [0.15, 0.2) is 0 Å². The summed E-state index contributed by atoms with van der Waals surface area (Å²) in [6, 6.07) is 6.59. The molecule has 1 atom stereocenters. The molecular formula is C12H18FNO2. The second kappa shape index (κ2) is 7.33. The molecule has 0 saturated carbocycles. The SMILES string of the molecule is CCOCC(O)CNCc1ccccc1F. The minimum atomic E-state index is -0.549. The Hall–Kier alpha value is -0.970. The number of aliphatic hydroxyl groups is 1. The molecule has 16 heavy (non-hydrogen) atoms. The van der Waals surface area contributed by atoms with Gasteiger partial charge in [0.25, 0.3) is 0 Å². The number of hydrogen-bond donors (Lipinski definition) is 2. The van der Waals surface area contributed by atoms with E-state index in [9.17, 15) is 9.50 Å². The number of benzene rings is 1. The third-order valence-corrected chi connectivity index (χ3v) is 2.17. The number of aliphatic hydroxyl groups excluding tert-OH is 1. The van der Waals surface area contributed by atoms with Crippen LogP contribution in [-0.4, -0.2) is 31.0 Å². The van der Waals surface area contributed by atoms with E-state index in [2.05, 4.69) is 5.32 Å². The number of hydrogen-bond acceptors (Lipinski definition) is 3. The van der Waals surface area contributed by atoms with Crippen molar-refractivity contribution in [2.45, 2.75) is 19.6 Å². The maximum atomic E-state index is 13.2. The third kappa shape index (κ3) is 4.70. The topological polar surface area (TPSA) is 41.5 Å². The molecule has 0 aromatic heterocycles. The molecule has 0 radical (unpaired) electrons. The van der Waals surface area contributed by atoms with Gasteiger partial charge < -0.3 is 15.2 Å². The quantitative estimate of drug-likeness (QED) is 0.738. The molecule has 0 bridgehead atoms. The van der Waals surface area contributed by atoms with E-state index in [4.69, 9.17) is 4.74 Å². The fraction of sp³-hybridized carbons (Fsp3) is 0.500. The number of ether oxygens (including phenoxy) is 1. The predicted octanol–water partition coefficient (Wildman–Crippen LogP) is 1.31. The van der Waals surface area contributed by atoms with Crippen LogP contribution < -0.4 is 5.32 Å². The lowest BCUT2D eigenvalue weighted by atomic mass is 10.2. The van der Waals surface area contributed by atoms with Crippen molar-refractivity contribution in [1.29, 1.82) is 0 Å². The van der Waals surface area contributed by atoms with E-state index in [-0.39, 0.29) is 5.82 Å². The lowest BCUT2D eigenvalue weighted by Crippen LogP contribution is -2.30. The predicted molar refractivity (Wildman–Crippen MR) is 60.6 cm³/mol.